The quantitative estimate of drug-likeness (QED) is 0.825. The van der Waals surface area contributed by atoms with Gasteiger partial charge in [0, 0.05) is 13.1 Å². The lowest BCUT2D eigenvalue weighted by Gasteiger charge is -2.33. The molecule has 1 unspecified atom stereocenters. The Bertz CT molecular complexity index is 884. The van der Waals surface area contributed by atoms with Crippen molar-refractivity contribution in [2.75, 3.05) is 13.7 Å². The lowest BCUT2D eigenvalue weighted by molar-refractivity contribution is -0.125. The topological polar surface area (TPSA) is 75.7 Å². The predicted molar refractivity (Wildman–Crippen MR) is 103 cm³/mol. The van der Waals surface area contributed by atoms with Gasteiger partial charge < -0.3 is 10.1 Å². The molecule has 0 spiro atoms. The fraction of sp³-hybridized carbons (Fsp3) is 0.350. The molecule has 1 aliphatic heterocycles. The van der Waals surface area contributed by atoms with Crippen LogP contribution >= 0.6 is 0 Å². The third kappa shape index (κ3) is 4.48. The molecule has 7 heteroatoms. The van der Waals surface area contributed by atoms with Gasteiger partial charge in [-0.3, -0.25) is 4.79 Å². The van der Waals surface area contributed by atoms with E-state index in [0.29, 0.717) is 25.3 Å². The third-order valence-electron chi connectivity index (χ3n) is 4.71. The fourth-order valence-electron chi connectivity index (χ4n) is 3.27. The number of hydrogen-bond acceptors (Lipinski definition) is 4. The molecule has 0 aromatic heterocycles. The van der Waals surface area contributed by atoms with E-state index in [4.69, 9.17) is 4.74 Å². The summed E-state index contributed by atoms with van der Waals surface area (Å²) in [6, 6.07) is 15.0. The Morgan fingerprint density at radius 2 is 1.93 bits per heavy atom. The number of rotatable bonds is 6. The van der Waals surface area contributed by atoms with Crippen molar-refractivity contribution >= 4 is 15.9 Å². The van der Waals surface area contributed by atoms with Gasteiger partial charge in [0.05, 0.1) is 12.0 Å². The van der Waals surface area contributed by atoms with Crippen LogP contribution in [0.15, 0.2) is 59.5 Å². The number of carbonyl (C=O) groups is 1. The van der Waals surface area contributed by atoms with E-state index >= 15 is 0 Å². The summed E-state index contributed by atoms with van der Waals surface area (Å²) in [5.41, 5.74) is 0.899. The first kappa shape index (κ1) is 19.4. The number of carbonyl (C=O) groups excluding carboxylic acids is 1. The highest BCUT2D eigenvalue weighted by Gasteiger charge is 2.37. The Balaban J connectivity index is 1.74. The minimum Gasteiger partial charge on any atom is -0.497 e. The number of ether oxygens (including phenoxy) is 1. The van der Waals surface area contributed by atoms with Crippen molar-refractivity contribution in [1.82, 2.24) is 9.62 Å². The Morgan fingerprint density at radius 1 is 1.15 bits per heavy atom. The minimum atomic E-state index is -3.70. The predicted octanol–water partition coefficient (Wildman–Crippen LogP) is 2.55. The second kappa shape index (κ2) is 8.54. The van der Waals surface area contributed by atoms with Gasteiger partial charge in [-0.25, -0.2) is 8.42 Å². The number of hydrogen-bond donors (Lipinski definition) is 1. The molecule has 0 bridgehead atoms. The number of sulfonamides is 1. The zero-order valence-corrected chi connectivity index (χ0v) is 16.1. The molecule has 1 aliphatic rings. The highest BCUT2D eigenvalue weighted by atomic mass is 32.2. The molecular formula is C20H24N2O4S. The SMILES string of the molecule is COc1cccc(CNC(=O)C2CCCCN2S(=O)(=O)c2ccccc2)c1. The normalized spacial score (nSPS) is 18.0. The molecule has 1 fully saturated rings. The van der Waals surface area contributed by atoms with E-state index in [1.54, 1.807) is 37.4 Å². The van der Waals surface area contributed by atoms with E-state index in [9.17, 15) is 13.2 Å². The molecule has 0 saturated carbocycles. The average Bonchev–Trinajstić information content (AvgIpc) is 2.72. The summed E-state index contributed by atoms with van der Waals surface area (Å²) in [5.74, 6) is 0.449. The monoisotopic (exact) mass is 388 g/mol. The van der Waals surface area contributed by atoms with Gasteiger partial charge in [-0.2, -0.15) is 4.31 Å². The van der Waals surface area contributed by atoms with Crippen LogP contribution in [-0.2, 0) is 21.4 Å². The van der Waals surface area contributed by atoms with E-state index in [2.05, 4.69) is 5.32 Å². The number of benzene rings is 2. The molecule has 1 N–H and O–H groups in total. The van der Waals surface area contributed by atoms with Crippen LogP contribution in [0, 0.1) is 0 Å². The van der Waals surface area contributed by atoms with Crippen LogP contribution in [0.1, 0.15) is 24.8 Å². The van der Waals surface area contributed by atoms with Gasteiger partial charge in [0.1, 0.15) is 11.8 Å². The molecular weight excluding hydrogens is 364 g/mol. The van der Waals surface area contributed by atoms with Crippen molar-refractivity contribution in [2.45, 2.75) is 36.7 Å². The number of amides is 1. The van der Waals surface area contributed by atoms with Gasteiger partial charge in [0.15, 0.2) is 0 Å². The molecule has 1 amide bonds. The largest absolute Gasteiger partial charge is 0.497 e. The van der Waals surface area contributed by atoms with E-state index in [0.717, 1.165) is 18.4 Å². The van der Waals surface area contributed by atoms with Gasteiger partial charge in [-0.15, -0.1) is 0 Å². The molecule has 27 heavy (non-hydrogen) atoms. The molecule has 0 radical (unpaired) electrons. The number of nitrogens with zero attached hydrogens (tertiary/aromatic N) is 1. The standard InChI is InChI=1S/C20H24N2O4S/c1-26-17-9-7-8-16(14-17)15-21-20(23)19-12-5-6-13-22(19)27(24,25)18-10-3-2-4-11-18/h2-4,7-11,14,19H,5-6,12-13,15H2,1H3,(H,21,23). The molecule has 144 valence electrons. The van der Waals surface area contributed by atoms with Gasteiger partial charge in [0.2, 0.25) is 15.9 Å². The number of methoxy groups -OCH3 is 1. The highest BCUT2D eigenvalue weighted by Crippen LogP contribution is 2.25. The molecule has 1 saturated heterocycles. The Hall–Kier alpha value is -2.38. The first-order valence-electron chi connectivity index (χ1n) is 9.00. The molecule has 1 heterocycles. The van der Waals surface area contributed by atoms with Gasteiger partial charge >= 0.3 is 0 Å². The van der Waals surface area contributed by atoms with Crippen LogP contribution in [0.25, 0.3) is 0 Å². The zero-order valence-electron chi connectivity index (χ0n) is 15.3. The van der Waals surface area contributed by atoms with Crippen LogP contribution < -0.4 is 10.1 Å². The van der Waals surface area contributed by atoms with Crippen molar-refractivity contribution in [3.63, 3.8) is 0 Å². The Labute approximate surface area is 160 Å². The summed E-state index contributed by atoms with van der Waals surface area (Å²) >= 11 is 0. The molecule has 3 rings (SSSR count). The molecule has 0 aliphatic carbocycles. The van der Waals surface area contributed by atoms with Gasteiger partial charge in [-0.05, 0) is 42.7 Å². The minimum absolute atomic E-state index is 0.220. The number of piperidine rings is 1. The summed E-state index contributed by atoms with van der Waals surface area (Å²) < 4.78 is 32.5. The van der Waals surface area contributed by atoms with Crippen LogP contribution in [0.2, 0.25) is 0 Å². The third-order valence-corrected chi connectivity index (χ3v) is 6.63. The lowest BCUT2D eigenvalue weighted by atomic mass is 10.0. The Morgan fingerprint density at radius 3 is 2.67 bits per heavy atom. The smallest absolute Gasteiger partial charge is 0.243 e. The number of nitrogens with one attached hydrogen (secondary N) is 1. The maximum Gasteiger partial charge on any atom is 0.243 e. The summed E-state index contributed by atoms with van der Waals surface area (Å²) in [6.07, 6.45) is 2.11. The second-order valence-corrected chi connectivity index (χ2v) is 8.40. The molecule has 2 aromatic rings. The highest BCUT2D eigenvalue weighted by molar-refractivity contribution is 7.89. The van der Waals surface area contributed by atoms with Crippen molar-refractivity contribution in [2.24, 2.45) is 0 Å². The molecule has 6 nitrogen and oxygen atoms in total. The first-order chi connectivity index (χ1) is 13.0. The molecule has 2 aromatic carbocycles. The van der Waals surface area contributed by atoms with Gasteiger partial charge in [-0.1, -0.05) is 36.8 Å². The lowest BCUT2D eigenvalue weighted by Crippen LogP contribution is -2.51. The van der Waals surface area contributed by atoms with Crippen molar-refractivity contribution in [1.29, 1.82) is 0 Å². The van der Waals surface area contributed by atoms with Crippen LogP contribution in [0.4, 0.5) is 0 Å². The maximum atomic E-state index is 13.0. The fourth-order valence-corrected chi connectivity index (χ4v) is 4.95. The Kier molecular flexibility index (Phi) is 6.13. The van der Waals surface area contributed by atoms with Crippen LogP contribution in [0.5, 0.6) is 5.75 Å². The van der Waals surface area contributed by atoms with Crippen molar-refractivity contribution in [3.8, 4) is 5.75 Å². The summed E-state index contributed by atoms with van der Waals surface area (Å²) in [7, 11) is -2.11. The molecule has 1 atom stereocenters. The summed E-state index contributed by atoms with van der Waals surface area (Å²) in [6.45, 7) is 0.681. The van der Waals surface area contributed by atoms with Gasteiger partial charge in [0.25, 0.3) is 0 Å². The van der Waals surface area contributed by atoms with Crippen molar-refractivity contribution in [3.05, 3.63) is 60.2 Å². The maximum absolute atomic E-state index is 13.0. The van der Waals surface area contributed by atoms with Crippen molar-refractivity contribution < 1.29 is 17.9 Å². The van der Waals surface area contributed by atoms with Crippen LogP contribution in [0.3, 0.4) is 0 Å². The van der Waals surface area contributed by atoms with E-state index in [1.165, 1.54) is 4.31 Å². The van der Waals surface area contributed by atoms with Crippen LogP contribution in [-0.4, -0.2) is 38.3 Å². The summed E-state index contributed by atoms with van der Waals surface area (Å²) in [5, 5.41) is 2.87. The van der Waals surface area contributed by atoms with E-state index < -0.39 is 16.1 Å². The second-order valence-electron chi connectivity index (χ2n) is 6.51. The first-order valence-corrected chi connectivity index (χ1v) is 10.4. The zero-order chi connectivity index (χ0) is 19.3. The van der Waals surface area contributed by atoms with E-state index in [1.807, 2.05) is 24.3 Å². The average molecular weight is 388 g/mol. The van der Waals surface area contributed by atoms with E-state index in [-0.39, 0.29) is 10.8 Å². The summed E-state index contributed by atoms with van der Waals surface area (Å²) in [4.78, 5) is 13.0.